The first-order valence-corrected chi connectivity index (χ1v) is 9.69. The van der Waals surface area contributed by atoms with E-state index in [0.29, 0.717) is 0 Å². The monoisotopic (exact) mass is 370 g/mol. The van der Waals surface area contributed by atoms with Gasteiger partial charge in [0.05, 0.1) is 5.69 Å². The normalized spacial score (nSPS) is 18.1. The van der Waals surface area contributed by atoms with Crippen LogP contribution >= 0.6 is 11.3 Å². The van der Waals surface area contributed by atoms with Crippen molar-refractivity contribution in [3.8, 4) is 0 Å². The summed E-state index contributed by atoms with van der Waals surface area (Å²) < 4.78 is 0. The number of hydrogen-bond donors (Lipinski definition) is 3. The highest BCUT2D eigenvalue weighted by atomic mass is 32.1. The Labute approximate surface area is 155 Å². The highest BCUT2D eigenvalue weighted by Gasteiger charge is 2.24. The Morgan fingerprint density at radius 2 is 2.27 bits per heavy atom. The maximum absolute atomic E-state index is 11.3. The van der Waals surface area contributed by atoms with E-state index in [1.54, 1.807) is 11.3 Å². The molecule has 1 saturated heterocycles. The number of para-hydroxylation sites is 1. The van der Waals surface area contributed by atoms with Gasteiger partial charge in [0.1, 0.15) is 5.82 Å². The molecule has 3 aromatic rings. The van der Waals surface area contributed by atoms with Crippen molar-refractivity contribution in [2.75, 3.05) is 18.4 Å². The zero-order valence-electron chi connectivity index (χ0n) is 14.7. The third-order valence-electron chi connectivity index (χ3n) is 4.74. The van der Waals surface area contributed by atoms with Gasteiger partial charge in [-0.05, 0) is 37.9 Å². The molecule has 1 atom stereocenters. The van der Waals surface area contributed by atoms with Gasteiger partial charge in [-0.3, -0.25) is 9.88 Å². The Balaban J connectivity index is 1.39. The van der Waals surface area contributed by atoms with Gasteiger partial charge >= 0.3 is 5.69 Å². The van der Waals surface area contributed by atoms with E-state index in [0.717, 1.165) is 54.8 Å². The highest BCUT2D eigenvalue weighted by Crippen LogP contribution is 2.27. The largest absolute Gasteiger partial charge is 0.340 e. The zero-order valence-corrected chi connectivity index (χ0v) is 15.5. The topological polar surface area (TPSA) is 89.7 Å². The average Bonchev–Trinajstić information content (AvgIpc) is 3.26. The van der Waals surface area contributed by atoms with E-state index in [1.165, 1.54) is 5.56 Å². The number of aryl methyl sites for hydroxylation is 1. The molecular weight excluding hydrogens is 348 g/mol. The zero-order chi connectivity index (χ0) is 17.9. The number of piperidine rings is 1. The maximum atomic E-state index is 11.3. The van der Waals surface area contributed by atoms with Gasteiger partial charge in [-0.25, -0.2) is 14.9 Å². The number of nitrogens with zero attached hydrogens (tertiary/aromatic N) is 3. The summed E-state index contributed by atoms with van der Waals surface area (Å²) >= 11 is 1.63. The fourth-order valence-corrected chi connectivity index (χ4v) is 4.11. The summed E-state index contributed by atoms with van der Waals surface area (Å²) in [7, 11) is 0. The van der Waals surface area contributed by atoms with Crippen LogP contribution in [-0.2, 0) is 6.54 Å². The second-order valence-electron chi connectivity index (χ2n) is 6.72. The molecule has 1 unspecified atom stereocenters. The number of nitrogens with one attached hydrogen (secondary N) is 3. The van der Waals surface area contributed by atoms with Crippen LogP contribution in [0.2, 0.25) is 0 Å². The fourth-order valence-electron chi connectivity index (χ4n) is 3.39. The van der Waals surface area contributed by atoms with E-state index >= 15 is 0 Å². The van der Waals surface area contributed by atoms with E-state index in [1.807, 2.05) is 12.1 Å². The molecule has 0 bridgehead atoms. The molecule has 3 heterocycles. The Kier molecular flexibility index (Phi) is 4.85. The maximum Gasteiger partial charge on any atom is 0.340 e. The standard InChI is InChI=1S/C18H22N6OS/c1-12-5-2-3-7-15(12)20-18-19-14(11-26-18)10-24-8-4-6-13(9-24)16-21-17(25)23-22-16/h2-3,5,7,11,13H,4,6,8-10H2,1H3,(H,19,20)(H2,21,22,23,25). The summed E-state index contributed by atoms with van der Waals surface area (Å²) in [4.78, 5) is 21.2. The Morgan fingerprint density at radius 3 is 3.08 bits per heavy atom. The quantitative estimate of drug-likeness (QED) is 0.642. The van der Waals surface area contributed by atoms with E-state index in [2.05, 4.69) is 49.8 Å². The van der Waals surface area contributed by atoms with Crippen LogP contribution in [0.3, 0.4) is 0 Å². The van der Waals surface area contributed by atoms with Crippen LogP contribution in [0.1, 0.15) is 35.8 Å². The summed E-state index contributed by atoms with van der Waals surface area (Å²) in [5.41, 5.74) is 3.14. The lowest BCUT2D eigenvalue weighted by Crippen LogP contribution is -2.34. The van der Waals surface area contributed by atoms with Crippen LogP contribution in [0.15, 0.2) is 34.4 Å². The molecule has 136 valence electrons. The van der Waals surface area contributed by atoms with Crippen LogP contribution in [0, 0.1) is 6.92 Å². The smallest absolute Gasteiger partial charge is 0.331 e. The number of thiazole rings is 1. The van der Waals surface area contributed by atoms with Crippen molar-refractivity contribution in [3.05, 3.63) is 57.2 Å². The lowest BCUT2D eigenvalue weighted by Gasteiger charge is -2.30. The SMILES string of the molecule is Cc1ccccc1Nc1nc(CN2CCCC(c3n[nH]c(=O)[nH]3)C2)cs1. The first-order valence-electron chi connectivity index (χ1n) is 8.81. The molecule has 1 aliphatic heterocycles. The predicted molar refractivity (Wildman–Crippen MR) is 103 cm³/mol. The number of benzene rings is 1. The summed E-state index contributed by atoms with van der Waals surface area (Å²) in [6.07, 6.45) is 2.15. The Morgan fingerprint density at radius 1 is 1.38 bits per heavy atom. The van der Waals surface area contributed by atoms with E-state index in [-0.39, 0.29) is 11.6 Å². The minimum Gasteiger partial charge on any atom is -0.331 e. The molecule has 1 fully saturated rings. The van der Waals surface area contributed by atoms with Crippen molar-refractivity contribution < 1.29 is 0 Å². The first kappa shape index (κ1) is 17.0. The van der Waals surface area contributed by atoms with E-state index in [9.17, 15) is 4.79 Å². The lowest BCUT2D eigenvalue weighted by atomic mass is 9.97. The minimum atomic E-state index is -0.233. The molecular formula is C18H22N6OS. The molecule has 4 rings (SSSR count). The molecule has 0 radical (unpaired) electrons. The molecule has 7 nitrogen and oxygen atoms in total. The van der Waals surface area contributed by atoms with Gasteiger partial charge in [0, 0.05) is 30.1 Å². The third kappa shape index (κ3) is 3.86. The Hall–Kier alpha value is -2.45. The van der Waals surface area contributed by atoms with Gasteiger partial charge in [0.25, 0.3) is 0 Å². The predicted octanol–water partition coefficient (Wildman–Crippen LogP) is 2.99. The van der Waals surface area contributed by atoms with Crippen LogP contribution in [-0.4, -0.2) is 38.2 Å². The first-order chi connectivity index (χ1) is 12.7. The molecule has 1 aromatic carbocycles. The molecule has 1 aliphatic rings. The number of anilines is 2. The fraction of sp³-hybridized carbons (Fsp3) is 0.389. The van der Waals surface area contributed by atoms with Gasteiger partial charge in [-0.15, -0.1) is 11.3 Å². The van der Waals surface area contributed by atoms with E-state index < -0.39 is 0 Å². The molecule has 26 heavy (non-hydrogen) atoms. The van der Waals surface area contributed by atoms with Crippen LogP contribution < -0.4 is 11.0 Å². The van der Waals surface area contributed by atoms with Crippen LogP contribution in [0.4, 0.5) is 10.8 Å². The van der Waals surface area contributed by atoms with Crippen molar-refractivity contribution in [2.45, 2.75) is 32.2 Å². The highest BCUT2D eigenvalue weighted by molar-refractivity contribution is 7.13. The minimum absolute atomic E-state index is 0.233. The summed E-state index contributed by atoms with van der Waals surface area (Å²) in [5, 5.41) is 13.0. The molecule has 3 N–H and O–H groups in total. The van der Waals surface area contributed by atoms with Crippen molar-refractivity contribution in [3.63, 3.8) is 0 Å². The van der Waals surface area contributed by atoms with E-state index in [4.69, 9.17) is 4.98 Å². The van der Waals surface area contributed by atoms with Gasteiger partial charge in [-0.2, -0.15) is 5.10 Å². The second-order valence-corrected chi connectivity index (χ2v) is 7.58. The van der Waals surface area contributed by atoms with Crippen molar-refractivity contribution >= 4 is 22.2 Å². The number of rotatable bonds is 5. The van der Waals surface area contributed by atoms with Crippen LogP contribution in [0.5, 0.6) is 0 Å². The summed E-state index contributed by atoms with van der Waals surface area (Å²) in [6, 6.07) is 8.21. The van der Waals surface area contributed by atoms with Gasteiger partial charge in [-0.1, -0.05) is 18.2 Å². The molecule has 0 amide bonds. The van der Waals surface area contributed by atoms with Crippen molar-refractivity contribution in [1.29, 1.82) is 0 Å². The number of aromatic amines is 2. The number of aromatic nitrogens is 4. The van der Waals surface area contributed by atoms with Crippen LogP contribution in [0.25, 0.3) is 0 Å². The van der Waals surface area contributed by atoms with Gasteiger partial charge < -0.3 is 5.32 Å². The Bertz CT molecular complexity index is 929. The van der Waals surface area contributed by atoms with Gasteiger partial charge in [0.15, 0.2) is 5.13 Å². The third-order valence-corrected chi connectivity index (χ3v) is 5.54. The average molecular weight is 370 g/mol. The van der Waals surface area contributed by atoms with Gasteiger partial charge in [0.2, 0.25) is 0 Å². The number of likely N-dealkylation sites (tertiary alicyclic amines) is 1. The second kappa shape index (κ2) is 7.43. The summed E-state index contributed by atoms with van der Waals surface area (Å²) in [5.74, 6) is 1.03. The molecule has 2 aromatic heterocycles. The molecule has 0 spiro atoms. The number of H-pyrrole nitrogens is 2. The summed E-state index contributed by atoms with van der Waals surface area (Å²) in [6.45, 7) is 4.84. The van der Waals surface area contributed by atoms with Crippen molar-refractivity contribution in [2.24, 2.45) is 0 Å². The molecule has 8 heteroatoms. The lowest BCUT2D eigenvalue weighted by molar-refractivity contribution is 0.195. The van der Waals surface area contributed by atoms with Crippen molar-refractivity contribution in [1.82, 2.24) is 25.1 Å². The number of hydrogen-bond acceptors (Lipinski definition) is 6. The molecule has 0 aliphatic carbocycles. The molecule has 0 saturated carbocycles.